The van der Waals surface area contributed by atoms with Crippen LogP contribution in [0.5, 0.6) is 5.75 Å². The van der Waals surface area contributed by atoms with Gasteiger partial charge in [0.2, 0.25) is 0 Å². The smallest absolute Gasteiger partial charge is 0.412 e. The standard InChI is InChI=1S/C16H26N2O5/c1-16(2,3)23-15(19)18-12-8-7-11(9-13(12)20-4)17-10-14(21-5)22-6/h7-9,14,17H,10H2,1-6H3,(H,18,19). The SMILES string of the molecule is COc1cc(NCC(OC)OC)ccc1NC(=O)OC(C)(C)C. The first-order chi connectivity index (χ1) is 10.8. The van der Waals surface area contributed by atoms with E-state index in [0.717, 1.165) is 5.69 Å². The Labute approximate surface area is 137 Å². The molecule has 0 bridgehead atoms. The van der Waals surface area contributed by atoms with Gasteiger partial charge in [-0.3, -0.25) is 5.32 Å². The number of methoxy groups -OCH3 is 3. The summed E-state index contributed by atoms with van der Waals surface area (Å²) in [5.41, 5.74) is 0.784. The number of carbonyl (C=O) groups excluding carboxylic acids is 1. The van der Waals surface area contributed by atoms with E-state index in [-0.39, 0.29) is 6.29 Å². The second-order valence-electron chi connectivity index (χ2n) is 5.82. The zero-order valence-corrected chi connectivity index (χ0v) is 14.6. The third-order valence-electron chi connectivity index (χ3n) is 2.84. The third kappa shape index (κ3) is 6.75. The van der Waals surface area contributed by atoms with Crippen LogP contribution >= 0.6 is 0 Å². The van der Waals surface area contributed by atoms with Gasteiger partial charge in [-0.1, -0.05) is 0 Å². The zero-order chi connectivity index (χ0) is 17.5. The Hall–Kier alpha value is -1.99. The first-order valence-electron chi connectivity index (χ1n) is 7.26. The molecule has 7 nitrogen and oxygen atoms in total. The van der Waals surface area contributed by atoms with Gasteiger partial charge in [0.25, 0.3) is 0 Å². The fourth-order valence-electron chi connectivity index (χ4n) is 1.78. The minimum atomic E-state index is -0.561. The largest absolute Gasteiger partial charge is 0.494 e. The Balaban J connectivity index is 2.74. The van der Waals surface area contributed by atoms with Gasteiger partial charge in [0.05, 0.1) is 19.3 Å². The molecular formula is C16H26N2O5. The van der Waals surface area contributed by atoms with Gasteiger partial charge in [0.15, 0.2) is 6.29 Å². The molecule has 0 fully saturated rings. The van der Waals surface area contributed by atoms with E-state index in [9.17, 15) is 4.79 Å². The number of carbonyl (C=O) groups is 1. The normalized spacial score (nSPS) is 11.3. The Morgan fingerprint density at radius 2 is 1.83 bits per heavy atom. The summed E-state index contributed by atoms with van der Waals surface area (Å²) < 4.78 is 20.8. The molecule has 0 unspecified atom stereocenters. The monoisotopic (exact) mass is 326 g/mol. The summed E-state index contributed by atoms with van der Waals surface area (Å²) in [7, 11) is 4.68. The third-order valence-corrected chi connectivity index (χ3v) is 2.84. The van der Waals surface area contributed by atoms with Gasteiger partial charge in [-0.15, -0.1) is 0 Å². The van der Waals surface area contributed by atoms with Crippen molar-refractivity contribution in [1.82, 2.24) is 0 Å². The molecule has 1 aromatic rings. The molecular weight excluding hydrogens is 300 g/mol. The molecule has 0 heterocycles. The van der Waals surface area contributed by atoms with E-state index < -0.39 is 11.7 Å². The molecule has 0 saturated heterocycles. The van der Waals surface area contributed by atoms with Gasteiger partial charge >= 0.3 is 6.09 Å². The van der Waals surface area contributed by atoms with Crippen LogP contribution in [0.15, 0.2) is 18.2 Å². The average molecular weight is 326 g/mol. The molecule has 23 heavy (non-hydrogen) atoms. The number of ether oxygens (including phenoxy) is 4. The molecule has 0 spiro atoms. The predicted octanol–water partition coefficient (Wildman–Crippen LogP) is 3.07. The predicted molar refractivity (Wildman–Crippen MR) is 89.1 cm³/mol. The molecule has 1 amide bonds. The summed E-state index contributed by atoms with van der Waals surface area (Å²) in [6.45, 7) is 5.89. The zero-order valence-electron chi connectivity index (χ0n) is 14.6. The van der Waals surface area contributed by atoms with Crippen LogP contribution in [0.25, 0.3) is 0 Å². The van der Waals surface area contributed by atoms with E-state index in [4.69, 9.17) is 18.9 Å². The van der Waals surface area contributed by atoms with Crippen molar-refractivity contribution in [1.29, 1.82) is 0 Å². The molecule has 0 aliphatic rings. The summed E-state index contributed by atoms with van der Waals surface area (Å²) in [4.78, 5) is 11.8. The summed E-state index contributed by atoms with van der Waals surface area (Å²) in [6, 6.07) is 5.33. The highest BCUT2D eigenvalue weighted by Gasteiger charge is 2.17. The van der Waals surface area contributed by atoms with Crippen molar-refractivity contribution >= 4 is 17.5 Å². The van der Waals surface area contributed by atoms with Gasteiger partial charge < -0.3 is 24.3 Å². The van der Waals surface area contributed by atoms with Crippen LogP contribution in [0.2, 0.25) is 0 Å². The topological polar surface area (TPSA) is 78.0 Å². The van der Waals surface area contributed by atoms with Crippen LogP contribution in [-0.4, -0.2) is 45.9 Å². The number of anilines is 2. The van der Waals surface area contributed by atoms with Crippen LogP contribution in [0.1, 0.15) is 20.8 Å². The van der Waals surface area contributed by atoms with Crippen LogP contribution in [-0.2, 0) is 14.2 Å². The summed E-state index contributed by atoms with van der Waals surface area (Å²) in [5, 5.41) is 5.84. The van der Waals surface area contributed by atoms with Crippen molar-refractivity contribution in [2.45, 2.75) is 32.7 Å². The first-order valence-corrected chi connectivity index (χ1v) is 7.26. The fraction of sp³-hybridized carbons (Fsp3) is 0.562. The molecule has 0 atom stereocenters. The molecule has 2 N–H and O–H groups in total. The number of amides is 1. The van der Waals surface area contributed by atoms with Crippen LogP contribution in [0, 0.1) is 0 Å². The molecule has 0 saturated carbocycles. The van der Waals surface area contributed by atoms with E-state index >= 15 is 0 Å². The summed E-state index contributed by atoms with van der Waals surface area (Å²) >= 11 is 0. The van der Waals surface area contributed by atoms with E-state index in [0.29, 0.717) is 18.0 Å². The number of benzene rings is 1. The van der Waals surface area contributed by atoms with Gasteiger partial charge in [-0.25, -0.2) is 4.79 Å². The minimum Gasteiger partial charge on any atom is -0.494 e. The molecule has 0 aliphatic heterocycles. The number of hydrogen-bond donors (Lipinski definition) is 2. The second kappa shape index (κ2) is 8.59. The lowest BCUT2D eigenvalue weighted by atomic mass is 10.2. The van der Waals surface area contributed by atoms with Gasteiger partial charge in [0, 0.05) is 26.0 Å². The highest BCUT2D eigenvalue weighted by atomic mass is 16.7. The molecule has 0 aliphatic carbocycles. The molecule has 1 rings (SSSR count). The van der Waals surface area contributed by atoms with Crippen molar-refractivity contribution < 1.29 is 23.7 Å². The van der Waals surface area contributed by atoms with Crippen LogP contribution in [0.3, 0.4) is 0 Å². The van der Waals surface area contributed by atoms with Crippen LogP contribution in [0.4, 0.5) is 16.2 Å². The van der Waals surface area contributed by atoms with Crippen molar-refractivity contribution in [2.24, 2.45) is 0 Å². The highest BCUT2D eigenvalue weighted by Crippen LogP contribution is 2.28. The van der Waals surface area contributed by atoms with E-state index in [1.165, 1.54) is 7.11 Å². The van der Waals surface area contributed by atoms with Gasteiger partial charge in [-0.2, -0.15) is 0 Å². The van der Waals surface area contributed by atoms with E-state index in [2.05, 4.69) is 10.6 Å². The molecule has 7 heteroatoms. The van der Waals surface area contributed by atoms with Crippen LogP contribution < -0.4 is 15.4 Å². The first kappa shape index (κ1) is 19.1. The van der Waals surface area contributed by atoms with Crippen molar-refractivity contribution in [3.63, 3.8) is 0 Å². The van der Waals surface area contributed by atoms with Gasteiger partial charge in [-0.05, 0) is 32.9 Å². The summed E-state index contributed by atoms with van der Waals surface area (Å²) in [6.07, 6.45) is -0.879. The maximum atomic E-state index is 11.8. The number of nitrogens with one attached hydrogen (secondary N) is 2. The highest BCUT2D eigenvalue weighted by molar-refractivity contribution is 5.87. The molecule has 130 valence electrons. The average Bonchev–Trinajstić information content (AvgIpc) is 2.47. The molecule has 0 aromatic heterocycles. The quantitative estimate of drug-likeness (QED) is 0.750. The Bertz CT molecular complexity index is 510. The second-order valence-corrected chi connectivity index (χ2v) is 5.82. The summed E-state index contributed by atoms with van der Waals surface area (Å²) in [5.74, 6) is 0.521. The van der Waals surface area contributed by atoms with E-state index in [1.807, 2.05) is 6.07 Å². The Kier molecular flexibility index (Phi) is 7.12. The lowest BCUT2D eigenvalue weighted by molar-refractivity contribution is -0.0914. The van der Waals surface area contributed by atoms with Gasteiger partial charge in [0.1, 0.15) is 11.4 Å². The Morgan fingerprint density at radius 1 is 1.17 bits per heavy atom. The van der Waals surface area contributed by atoms with Crippen molar-refractivity contribution in [3.8, 4) is 5.75 Å². The maximum absolute atomic E-state index is 11.8. The van der Waals surface area contributed by atoms with E-state index in [1.54, 1.807) is 47.1 Å². The lowest BCUT2D eigenvalue weighted by Gasteiger charge is -2.20. The minimum absolute atomic E-state index is 0.347. The number of hydrogen-bond acceptors (Lipinski definition) is 6. The Morgan fingerprint density at radius 3 is 2.35 bits per heavy atom. The fourth-order valence-corrected chi connectivity index (χ4v) is 1.78. The molecule has 1 aromatic carbocycles. The number of rotatable bonds is 7. The molecule has 0 radical (unpaired) electrons. The van der Waals surface area contributed by atoms with Crippen molar-refractivity contribution in [2.75, 3.05) is 38.5 Å². The maximum Gasteiger partial charge on any atom is 0.412 e. The lowest BCUT2D eigenvalue weighted by Crippen LogP contribution is -2.27. The van der Waals surface area contributed by atoms with Crippen molar-refractivity contribution in [3.05, 3.63) is 18.2 Å².